The Bertz CT molecular complexity index is 1240. The highest BCUT2D eigenvalue weighted by molar-refractivity contribution is 7.10. The van der Waals surface area contributed by atoms with Crippen molar-refractivity contribution in [2.75, 3.05) is 26.2 Å². The number of aryl methyl sites for hydroxylation is 2. The van der Waals surface area contributed by atoms with E-state index < -0.39 is 0 Å². The second-order valence-corrected chi connectivity index (χ2v) is 11.2. The summed E-state index contributed by atoms with van der Waals surface area (Å²) in [4.78, 5) is 32.0. The molecule has 3 aromatic rings. The molecule has 2 amide bonds. The van der Waals surface area contributed by atoms with E-state index in [2.05, 4.69) is 25.3 Å². The number of carbonyl (C=O) groups is 2. The molecule has 1 aliphatic heterocycles. The number of thiophene rings is 1. The maximum atomic E-state index is 13.7. The standard InChI is InChI=1S/C29H33ClN2O3S/c1-19(2)16-31(29(34)23-8-6-5-7-20(23)3)17-28(33)32-13-11-27-24(12-14-36-27)26(32)18-35-22-9-10-25(30)21(4)15-22/h5-10,12,14-15,19,26H,11,13,16-18H2,1-4H3. The van der Waals surface area contributed by atoms with Gasteiger partial charge in [0.05, 0.1) is 6.04 Å². The lowest BCUT2D eigenvalue weighted by molar-refractivity contribution is -0.135. The zero-order valence-corrected chi connectivity index (χ0v) is 22.9. The molecular formula is C29H33ClN2O3S. The molecule has 2 aromatic carbocycles. The van der Waals surface area contributed by atoms with Gasteiger partial charge in [-0.25, -0.2) is 0 Å². The van der Waals surface area contributed by atoms with Crippen LogP contribution in [0.4, 0.5) is 0 Å². The number of ether oxygens (including phenoxy) is 1. The van der Waals surface area contributed by atoms with Crippen LogP contribution in [0, 0.1) is 19.8 Å². The number of rotatable bonds is 8. The van der Waals surface area contributed by atoms with Gasteiger partial charge in [-0.2, -0.15) is 0 Å². The van der Waals surface area contributed by atoms with Crippen molar-refractivity contribution >= 4 is 34.8 Å². The zero-order chi connectivity index (χ0) is 25.8. The predicted octanol–water partition coefficient (Wildman–Crippen LogP) is 6.32. The van der Waals surface area contributed by atoms with Gasteiger partial charge >= 0.3 is 0 Å². The van der Waals surface area contributed by atoms with Gasteiger partial charge in [0, 0.05) is 28.6 Å². The van der Waals surface area contributed by atoms with E-state index in [1.165, 1.54) is 4.88 Å². The maximum Gasteiger partial charge on any atom is 0.254 e. The van der Waals surface area contributed by atoms with E-state index in [-0.39, 0.29) is 30.3 Å². The van der Waals surface area contributed by atoms with E-state index in [4.69, 9.17) is 16.3 Å². The summed E-state index contributed by atoms with van der Waals surface area (Å²) >= 11 is 7.89. The maximum absolute atomic E-state index is 13.7. The largest absolute Gasteiger partial charge is 0.491 e. The predicted molar refractivity (Wildman–Crippen MR) is 146 cm³/mol. The Morgan fingerprint density at radius 2 is 1.92 bits per heavy atom. The molecule has 0 spiro atoms. The minimum absolute atomic E-state index is 0.0430. The van der Waals surface area contributed by atoms with Crippen LogP contribution in [0.5, 0.6) is 5.75 Å². The Labute approximate surface area is 222 Å². The van der Waals surface area contributed by atoms with Gasteiger partial charge in [-0.1, -0.05) is 43.6 Å². The van der Waals surface area contributed by atoms with Crippen LogP contribution in [-0.4, -0.2) is 47.9 Å². The quantitative estimate of drug-likeness (QED) is 0.346. The summed E-state index contributed by atoms with van der Waals surface area (Å²) in [5.41, 5.74) is 3.63. The highest BCUT2D eigenvalue weighted by atomic mass is 35.5. The van der Waals surface area contributed by atoms with Crippen LogP contribution in [0.3, 0.4) is 0 Å². The molecule has 0 radical (unpaired) electrons. The van der Waals surface area contributed by atoms with Crippen molar-refractivity contribution in [2.24, 2.45) is 5.92 Å². The Kier molecular flexibility index (Phi) is 8.37. The van der Waals surface area contributed by atoms with Crippen molar-refractivity contribution in [2.45, 2.75) is 40.2 Å². The van der Waals surface area contributed by atoms with Crippen molar-refractivity contribution in [1.29, 1.82) is 0 Å². The molecule has 0 saturated carbocycles. The van der Waals surface area contributed by atoms with Gasteiger partial charge in [-0.3, -0.25) is 9.59 Å². The van der Waals surface area contributed by atoms with Crippen LogP contribution in [0.25, 0.3) is 0 Å². The minimum atomic E-state index is -0.210. The van der Waals surface area contributed by atoms with E-state index in [1.807, 2.05) is 61.2 Å². The summed E-state index contributed by atoms with van der Waals surface area (Å²) in [6.45, 7) is 9.50. The number of hydrogen-bond donors (Lipinski definition) is 0. The second kappa shape index (κ2) is 11.5. The molecule has 0 fully saturated rings. The third kappa shape index (κ3) is 5.93. The van der Waals surface area contributed by atoms with Gasteiger partial charge in [0.15, 0.2) is 0 Å². The van der Waals surface area contributed by atoms with Gasteiger partial charge in [0.25, 0.3) is 5.91 Å². The Morgan fingerprint density at radius 1 is 1.14 bits per heavy atom. The first-order chi connectivity index (χ1) is 17.2. The average Bonchev–Trinajstić information content (AvgIpc) is 3.33. The number of fused-ring (bicyclic) bond motifs is 1. The monoisotopic (exact) mass is 524 g/mol. The third-order valence-electron chi connectivity index (χ3n) is 6.53. The highest BCUT2D eigenvalue weighted by Crippen LogP contribution is 2.34. The van der Waals surface area contributed by atoms with Crippen LogP contribution in [0.2, 0.25) is 5.02 Å². The SMILES string of the molecule is Cc1cc(OCC2c3ccsc3CCN2C(=O)CN(CC(C)C)C(=O)c2ccccc2C)ccc1Cl. The number of halogens is 1. The summed E-state index contributed by atoms with van der Waals surface area (Å²) in [5, 5.41) is 2.77. The van der Waals surface area contributed by atoms with Crippen molar-refractivity contribution in [1.82, 2.24) is 9.80 Å². The molecule has 1 atom stereocenters. The molecule has 0 saturated heterocycles. The van der Waals surface area contributed by atoms with Gasteiger partial charge in [0.1, 0.15) is 18.9 Å². The first-order valence-corrected chi connectivity index (χ1v) is 13.6. The second-order valence-electron chi connectivity index (χ2n) is 9.77. The molecule has 36 heavy (non-hydrogen) atoms. The summed E-state index contributed by atoms with van der Waals surface area (Å²) < 4.78 is 6.16. The molecule has 5 nitrogen and oxygen atoms in total. The fourth-order valence-corrected chi connectivity index (χ4v) is 5.70. The fourth-order valence-electron chi connectivity index (χ4n) is 4.65. The number of hydrogen-bond acceptors (Lipinski definition) is 4. The van der Waals surface area contributed by atoms with Crippen LogP contribution in [0.15, 0.2) is 53.9 Å². The van der Waals surface area contributed by atoms with Gasteiger partial charge in [-0.05, 0) is 78.6 Å². The Hall–Kier alpha value is -2.83. The molecule has 4 rings (SSSR count). The van der Waals surface area contributed by atoms with Gasteiger partial charge in [0.2, 0.25) is 5.91 Å². The lowest BCUT2D eigenvalue weighted by atomic mass is 10.00. The van der Waals surface area contributed by atoms with Crippen molar-refractivity contribution < 1.29 is 14.3 Å². The first kappa shape index (κ1) is 26.2. The van der Waals surface area contributed by atoms with E-state index >= 15 is 0 Å². The molecule has 0 aliphatic carbocycles. The topological polar surface area (TPSA) is 49.9 Å². The minimum Gasteiger partial charge on any atom is -0.491 e. The van der Waals surface area contributed by atoms with Crippen molar-refractivity contribution in [3.05, 3.63) is 86.1 Å². The van der Waals surface area contributed by atoms with Crippen LogP contribution < -0.4 is 4.74 Å². The van der Waals surface area contributed by atoms with Crippen molar-refractivity contribution in [3.63, 3.8) is 0 Å². The summed E-state index contributed by atoms with van der Waals surface area (Å²) in [6.07, 6.45) is 0.811. The van der Waals surface area contributed by atoms with E-state index in [0.29, 0.717) is 30.3 Å². The molecule has 1 unspecified atom stereocenters. The molecule has 0 N–H and O–H groups in total. The fraction of sp³-hybridized carbons (Fsp3) is 0.379. The summed E-state index contributed by atoms with van der Waals surface area (Å²) in [6, 6.07) is 15.0. The number of nitrogens with zero attached hydrogens (tertiary/aromatic N) is 2. The van der Waals surface area contributed by atoms with Crippen LogP contribution >= 0.6 is 22.9 Å². The summed E-state index contributed by atoms with van der Waals surface area (Å²) in [7, 11) is 0. The summed E-state index contributed by atoms with van der Waals surface area (Å²) in [5.74, 6) is 0.800. The first-order valence-electron chi connectivity index (χ1n) is 12.3. The third-order valence-corrected chi connectivity index (χ3v) is 7.95. The van der Waals surface area contributed by atoms with E-state index in [1.54, 1.807) is 16.2 Å². The van der Waals surface area contributed by atoms with Crippen LogP contribution in [-0.2, 0) is 11.2 Å². The number of benzene rings is 2. The van der Waals surface area contributed by atoms with Gasteiger partial charge < -0.3 is 14.5 Å². The number of amides is 2. The molecule has 1 aliphatic rings. The van der Waals surface area contributed by atoms with Gasteiger partial charge in [-0.15, -0.1) is 11.3 Å². The molecule has 1 aromatic heterocycles. The molecule has 2 heterocycles. The molecular weight excluding hydrogens is 492 g/mol. The zero-order valence-electron chi connectivity index (χ0n) is 21.3. The van der Waals surface area contributed by atoms with Crippen molar-refractivity contribution in [3.8, 4) is 5.75 Å². The molecule has 7 heteroatoms. The Balaban J connectivity index is 1.55. The normalized spacial score (nSPS) is 15.1. The number of carbonyl (C=O) groups excluding carboxylic acids is 2. The van der Waals surface area contributed by atoms with E-state index in [0.717, 1.165) is 28.9 Å². The highest BCUT2D eigenvalue weighted by Gasteiger charge is 2.34. The smallest absolute Gasteiger partial charge is 0.254 e. The average molecular weight is 525 g/mol. The van der Waals surface area contributed by atoms with E-state index in [9.17, 15) is 9.59 Å². The molecule has 190 valence electrons. The lowest BCUT2D eigenvalue weighted by Crippen LogP contribution is -2.48. The molecule has 0 bridgehead atoms. The lowest BCUT2D eigenvalue weighted by Gasteiger charge is -2.37. The van der Waals surface area contributed by atoms with Crippen LogP contribution in [0.1, 0.15) is 51.8 Å². The Morgan fingerprint density at radius 3 is 2.64 bits per heavy atom.